The van der Waals surface area contributed by atoms with E-state index in [9.17, 15) is 0 Å². The van der Waals surface area contributed by atoms with Gasteiger partial charge in [-0.1, -0.05) is 42.5 Å². The van der Waals surface area contributed by atoms with Gasteiger partial charge in [0, 0.05) is 6.04 Å². The summed E-state index contributed by atoms with van der Waals surface area (Å²) in [5.74, 6) is 0.972. The maximum atomic E-state index is 5.45. The van der Waals surface area contributed by atoms with Crippen LogP contribution < -0.4 is 10.1 Å². The molecule has 1 unspecified atom stereocenters. The smallest absolute Gasteiger partial charge is 0.134 e. The highest BCUT2D eigenvalue weighted by molar-refractivity contribution is 7.10. The number of thiophene rings is 1. The summed E-state index contributed by atoms with van der Waals surface area (Å²) in [6.45, 7) is 0. The van der Waals surface area contributed by atoms with E-state index in [-0.39, 0.29) is 6.04 Å². The SMILES string of the molecule is CNC(Cc1ccc2ccccc2c1)c1sccc1OC. The van der Waals surface area contributed by atoms with Gasteiger partial charge in [0.1, 0.15) is 5.75 Å². The second-order valence-corrected chi connectivity index (χ2v) is 6.03. The number of hydrogen-bond donors (Lipinski definition) is 1. The molecule has 0 amide bonds. The van der Waals surface area contributed by atoms with Crippen LogP contribution in [0, 0.1) is 0 Å². The van der Waals surface area contributed by atoms with Gasteiger partial charge in [-0.25, -0.2) is 0 Å². The van der Waals surface area contributed by atoms with Crippen molar-refractivity contribution >= 4 is 22.1 Å². The summed E-state index contributed by atoms with van der Waals surface area (Å²) in [4.78, 5) is 1.26. The molecule has 3 rings (SSSR count). The van der Waals surface area contributed by atoms with E-state index in [0.29, 0.717) is 0 Å². The molecule has 0 aliphatic rings. The molecule has 0 fully saturated rings. The molecular formula is C18H19NOS. The van der Waals surface area contributed by atoms with Crippen molar-refractivity contribution in [2.24, 2.45) is 0 Å². The highest BCUT2D eigenvalue weighted by atomic mass is 32.1. The number of methoxy groups -OCH3 is 1. The van der Waals surface area contributed by atoms with Crippen LogP contribution in [0.2, 0.25) is 0 Å². The summed E-state index contributed by atoms with van der Waals surface area (Å²) in [5.41, 5.74) is 1.34. The minimum Gasteiger partial charge on any atom is -0.496 e. The number of fused-ring (bicyclic) bond motifs is 1. The summed E-state index contributed by atoms with van der Waals surface area (Å²) >= 11 is 1.74. The van der Waals surface area contributed by atoms with Gasteiger partial charge in [0.05, 0.1) is 12.0 Å². The lowest BCUT2D eigenvalue weighted by molar-refractivity contribution is 0.405. The van der Waals surface area contributed by atoms with Crippen molar-refractivity contribution in [3.05, 3.63) is 64.4 Å². The number of hydrogen-bond acceptors (Lipinski definition) is 3. The Morgan fingerprint density at radius 1 is 1.10 bits per heavy atom. The first kappa shape index (κ1) is 14.1. The van der Waals surface area contributed by atoms with Crippen molar-refractivity contribution < 1.29 is 4.74 Å². The third-order valence-corrected chi connectivity index (χ3v) is 4.81. The van der Waals surface area contributed by atoms with Gasteiger partial charge in [0.15, 0.2) is 0 Å². The zero-order valence-corrected chi connectivity index (χ0v) is 13.1. The first-order valence-corrected chi connectivity index (χ1v) is 7.96. The van der Waals surface area contributed by atoms with E-state index in [2.05, 4.69) is 53.2 Å². The highest BCUT2D eigenvalue weighted by Gasteiger charge is 2.16. The van der Waals surface area contributed by atoms with Crippen LogP contribution in [0.1, 0.15) is 16.5 Å². The van der Waals surface area contributed by atoms with Gasteiger partial charge in [-0.05, 0) is 41.3 Å². The number of ether oxygens (including phenoxy) is 1. The van der Waals surface area contributed by atoms with Crippen molar-refractivity contribution in [1.29, 1.82) is 0 Å². The van der Waals surface area contributed by atoms with Crippen LogP contribution in [0.25, 0.3) is 10.8 Å². The Balaban J connectivity index is 1.88. The van der Waals surface area contributed by atoms with Crippen molar-refractivity contribution in [2.45, 2.75) is 12.5 Å². The fourth-order valence-electron chi connectivity index (χ4n) is 2.66. The molecule has 0 saturated carbocycles. The quantitative estimate of drug-likeness (QED) is 0.753. The predicted molar refractivity (Wildman–Crippen MR) is 90.3 cm³/mol. The number of benzene rings is 2. The van der Waals surface area contributed by atoms with Gasteiger partial charge < -0.3 is 10.1 Å². The molecule has 0 aliphatic heterocycles. The Hall–Kier alpha value is -1.84. The molecule has 1 atom stereocenters. The van der Waals surface area contributed by atoms with Gasteiger partial charge in [0.2, 0.25) is 0 Å². The van der Waals surface area contributed by atoms with Crippen molar-refractivity contribution in [3.63, 3.8) is 0 Å². The monoisotopic (exact) mass is 297 g/mol. The van der Waals surface area contributed by atoms with E-state index < -0.39 is 0 Å². The lowest BCUT2D eigenvalue weighted by Crippen LogP contribution is -2.18. The van der Waals surface area contributed by atoms with E-state index >= 15 is 0 Å². The molecule has 0 radical (unpaired) electrons. The van der Waals surface area contributed by atoms with Crippen LogP contribution in [0.4, 0.5) is 0 Å². The van der Waals surface area contributed by atoms with E-state index in [4.69, 9.17) is 4.74 Å². The number of likely N-dealkylation sites (N-methyl/N-ethyl adjacent to an activating group) is 1. The highest BCUT2D eigenvalue weighted by Crippen LogP contribution is 2.33. The Kier molecular flexibility index (Phi) is 4.23. The molecule has 1 N–H and O–H groups in total. The van der Waals surface area contributed by atoms with Crippen LogP contribution in [0.3, 0.4) is 0 Å². The molecule has 3 aromatic rings. The zero-order chi connectivity index (χ0) is 14.7. The number of nitrogens with one attached hydrogen (secondary N) is 1. The van der Waals surface area contributed by atoms with Crippen LogP contribution in [0.5, 0.6) is 5.75 Å². The third-order valence-electron chi connectivity index (χ3n) is 3.80. The Morgan fingerprint density at radius 2 is 1.90 bits per heavy atom. The van der Waals surface area contributed by atoms with E-state index in [1.54, 1.807) is 18.4 Å². The third kappa shape index (κ3) is 2.94. The van der Waals surface area contributed by atoms with Crippen LogP contribution in [-0.4, -0.2) is 14.2 Å². The maximum Gasteiger partial charge on any atom is 0.134 e. The normalized spacial score (nSPS) is 12.5. The fraction of sp³-hybridized carbons (Fsp3) is 0.222. The van der Waals surface area contributed by atoms with E-state index in [1.807, 2.05) is 13.1 Å². The topological polar surface area (TPSA) is 21.3 Å². The first-order valence-electron chi connectivity index (χ1n) is 7.08. The van der Waals surface area contributed by atoms with Crippen LogP contribution in [0.15, 0.2) is 53.9 Å². The molecule has 0 spiro atoms. The number of rotatable bonds is 5. The summed E-state index contributed by atoms with van der Waals surface area (Å²) in [6, 6.07) is 17.5. The minimum absolute atomic E-state index is 0.279. The second-order valence-electron chi connectivity index (χ2n) is 5.08. The summed E-state index contributed by atoms with van der Waals surface area (Å²) in [6.07, 6.45) is 0.957. The van der Waals surface area contributed by atoms with E-state index in [0.717, 1.165) is 12.2 Å². The van der Waals surface area contributed by atoms with Gasteiger partial charge >= 0.3 is 0 Å². The van der Waals surface area contributed by atoms with Gasteiger partial charge in [-0.15, -0.1) is 11.3 Å². The Bertz CT molecular complexity index is 735. The maximum absolute atomic E-state index is 5.45. The molecule has 1 aromatic heterocycles. The van der Waals surface area contributed by atoms with E-state index in [1.165, 1.54) is 21.2 Å². The van der Waals surface area contributed by atoms with Gasteiger partial charge in [-0.2, -0.15) is 0 Å². The molecule has 0 bridgehead atoms. The van der Waals surface area contributed by atoms with Crippen LogP contribution in [-0.2, 0) is 6.42 Å². The van der Waals surface area contributed by atoms with Crippen molar-refractivity contribution in [2.75, 3.05) is 14.2 Å². The summed E-state index contributed by atoms with van der Waals surface area (Å²) in [7, 11) is 3.74. The summed E-state index contributed by atoms with van der Waals surface area (Å²) < 4.78 is 5.45. The molecule has 21 heavy (non-hydrogen) atoms. The molecule has 2 nitrogen and oxygen atoms in total. The standard InChI is InChI=1S/C18H19NOS/c1-19-16(18-17(20-2)9-10-21-18)12-13-7-8-14-5-3-4-6-15(14)11-13/h3-11,16,19H,12H2,1-2H3. The lowest BCUT2D eigenvalue weighted by atomic mass is 10.0. The molecule has 2 aromatic carbocycles. The van der Waals surface area contributed by atoms with Gasteiger partial charge in [0.25, 0.3) is 0 Å². The fourth-order valence-corrected chi connectivity index (χ4v) is 3.63. The first-order chi connectivity index (χ1) is 10.3. The largest absolute Gasteiger partial charge is 0.496 e. The Morgan fingerprint density at radius 3 is 2.67 bits per heavy atom. The molecule has 3 heteroatoms. The predicted octanol–water partition coefficient (Wildman–Crippen LogP) is 4.41. The average molecular weight is 297 g/mol. The second kappa shape index (κ2) is 6.29. The zero-order valence-electron chi connectivity index (χ0n) is 12.3. The lowest BCUT2D eigenvalue weighted by Gasteiger charge is -2.16. The van der Waals surface area contributed by atoms with Crippen molar-refractivity contribution in [3.8, 4) is 5.75 Å². The molecule has 0 aliphatic carbocycles. The molecule has 108 valence electrons. The minimum atomic E-state index is 0.279. The van der Waals surface area contributed by atoms with Gasteiger partial charge in [-0.3, -0.25) is 0 Å². The average Bonchev–Trinajstić information content (AvgIpc) is 3.01. The van der Waals surface area contributed by atoms with Crippen molar-refractivity contribution in [1.82, 2.24) is 5.32 Å². The van der Waals surface area contributed by atoms with Crippen LogP contribution >= 0.6 is 11.3 Å². The Labute approximate surface area is 129 Å². The molecule has 0 saturated heterocycles. The summed E-state index contributed by atoms with van der Waals surface area (Å²) in [5, 5.41) is 8.07. The molecular weight excluding hydrogens is 278 g/mol. The molecule has 1 heterocycles.